The van der Waals surface area contributed by atoms with Gasteiger partial charge in [0, 0.05) is 84.4 Å². The van der Waals surface area contributed by atoms with Crippen molar-refractivity contribution < 1.29 is 31.9 Å². The Hall–Kier alpha value is -5.24. The van der Waals surface area contributed by atoms with Gasteiger partial charge in [0.05, 0.1) is 34.7 Å². The summed E-state index contributed by atoms with van der Waals surface area (Å²) in [7, 11) is 0. The number of hydrogen-bond acceptors (Lipinski definition) is 12. The van der Waals surface area contributed by atoms with Crippen molar-refractivity contribution in [3.8, 4) is 0 Å². The van der Waals surface area contributed by atoms with E-state index in [1.54, 1.807) is 9.13 Å². The van der Waals surface area contributed by atoms with Crippen molar-refractivity contribution in [1.82, 2.24) is 19.9 Å². The summed E-state index contributed by atoms with van der Waals surface area (Å²) in [5, 5.41) is 21.6. The fraction of sp³-hybridized carbons (Fsp3) is 0.543. The standard InChI is InChI=1S/C26H35FN4O4.C20H24FN5O3S/c1-14-23-19(18(21(28)13-32)11-22(33)31(23)17-6-7-17)10-20(27)24(14)30-9-8-16(12-30)15(2)29-25(34)35-26(3,4)5;1-10-18-14(7-16(21)19(10)25-6-5-12(9-25)11(2)22)15(20-23-29-30(28)24-20)8-17(27)26(18)13-3-4-13/h10-11,15-17,28,32H,6-9,12-13H2,1-5H3,(H,29,34);7-8,11-13H,3-6,9,22H2,1-2H3,(H,23,24)/t15-,16+;11-,12+,30?/m00/s1. The second kappa shape index (κ2) is 17.9. The zero-order chi connectivity index (χ0) is 46.8. The number of hydroxylamine groups is 1. The number of amidine groups is 1. The minimum Gasteiger partial charge on any atom is -0.444 e. The first-order valence-electron chi connectivity index (χ1n) is 22.4. The highest BCUT2D eigenvalue weighted by atomic mass is 32.2. The number of pyridine rings is 2. The van der Waals surface area contributed by atoms with Gasteiger partial charge < -0.3 is 45.2 Å². The monoisotopic (exact) mass is 919 g/mol. The van der Waals surface area contributed by atoms with Crippen LogP contribution in [0.3, 0.4) is 0 Å². The van der Waals surface area contributed by atoms with Crippen LogP contribution < -0.4 is 37.4 Å². The Labute approximate surface area is 378 Å². The van der Waals surface area contributed by atoms with Gasteiger partial charge in [-0.1, -0.05) is 0 Å². The molecule has 5 aliphatic rings. The molecule has 2 aromatic carbocycles. The Bertz CT molecular complexity index is 2760. The third kappa shape index (κ3) is 9.29. The minimum atomic E-state index is -1.88. The maximum atomic E-state index is 15.6. The lowest BCUT2D eigenvalue weighted by Gasteiger charge is -2.27. The van der Waals surface area contributed by atoms with Crippen LogP contribution >= 0.6 is 0 Å². The average molecular weight is 920 g/mol. The van der Waals surface area contributed by atoms with Crippen LogP contribution in [0.4, 0.5) is 25.0 Å². The lowest BCUT2D eigenvalue weighted by molar-refractivity contribution is 0.0494. The molecule has 5 atom stereocenters. The van der Waals surface area contributed by atoms with Crippen molar-refractivity contribution in [2.45, 2.75) is 117 Å². The predicted octanol–water partition coefficient (Wildman–Crippen LogP) is 5.70. The van der Waals surface area contributed by atoms with Crippen LogP contribution in [-0.4, -0.2) is 86.6 Å². The van der Waals surface area contributed by atoms with Crippen LogP contribution in [-0.2, 0) is 20.3 Å². The number of carbonyl (C=O) groups is 1. The number of benzene rings is 2. The summed E-state index contributed by atoms with van der Waals surface area (Å²) in [5.41, 5.74) is 11.8. The van der Waals surface area contributed by atoms with Gasteiger partial charge in [0.25, 0.3) is 11.1 Å². The minimum absolute atomic E-state index is 0.0439. The molecular formula is C46H59F2N9O7S. The highest BCUT2D eigenvalue weighted by molar-refractivity contribution is 7.79. The van der Waals surface area contributed by atoms with Crippen molar-refractivity contribution in [2.24, 2.45) is 22.0 Å². The fourth-order valence-corrected chi connectivity index (χ4v) is 10.2. The Morgan fingerprint density at radius 1 is 0.923 bits per heavy atom. The second-order valence-corrected chi connectivity index (χ2v) is 20.0. The normalized spacial score (nSPS) is 21.8. The molecule has 1 amide bonds. The van der Waals surface area contributed by atoms with Crippen molar-refractivity contribution in [2.75, 3.05) is 42.6 Å². The van der Waals surface area contributed by atoms with E-state index in [1.165, 1.54) is 24.3 Å². The van der Waals surface area contributed by atoms with Gasteiger partial charge in [0.1, 0.15) is 17.2 Å². The number of hydrogen-bond donors (Lipinski definition) is 5. The van der Waals surface area contributed by atoms with Crippen molar-refractivity contribution >= 4 is 62.1 Å². The molecule has 9 rings (SSSR count). The van der Waals surface area contributed by atoms with Crippen LogP contribution in [0.1, 0.15) is 107 Å². The third-order valence-electron chi connectivity index (χ3n) is 13.2. The number of nitrogens with one attached hydrogen (secondary N) is 3. The van der Waals surface area contributed by atoms with Gasteiger partial charge in [-0.3, -0.25) is 9.59 Å². The van der Waals surface area contributed by atoms with Gasteiger partial charge in [-0.2, -0.15) is 4.28 Å². The van der Waals surface area contributed by atoms with Crippen LogP contribution in [0.2, 0.25) is 0 Å². The largest absolute Gasteiger partial charge is 0.444 e. The van der Waals surface area contributed by atoms with Gasteiger partial charge >= 0.3 is 17.4 Å². The molecule has 0 spiro atoms. The quantitative estimate of drug-likeness (QED) is 0.122. The molecule has 65 heavy (non-hydrogen) atoms. The molecule has 0 bridgehead atoms. The Morgan fingerprint density at radius 2 is 1.45 bits per heavy atom. The maximum Gasteiger partial charge on any atom is 0.407 e. The number of ether oxygens (including phenoxy) is 1. The molecule has 2 saturated carbocycles. The molecule has 4 aromatic rings. The summed E-state index contributed by atoms with van der Waals surface area (Å²) >= 11 is -1.88. The van der Waals surface area contributed by atoms with E-state index < -0.39 is 35.4 Å². The van der Waals surface area contributed by atoms with Gasteiger partial charge in [-0.25, -0.2) is 23.3 Å². The highest BCUT2D eigenvalue weighted by Gasteiger charge is 2.36. The number of aryl methyl sites for hydroxylation is 2. The molecule has 2 aromatic heterocycles. The van der Waals surface area contributed by atoms with E-state index in [1.807, 2.05) is 58.3 Å². The van der Waals surface area contributed by atoms with E-state index in [2.05, 4.69) is 15.2 Å². The van der Waals surface area contributed by atoms with Crippen molar-refractivity contribution in [1.29, 1.82) is 5.41 Å². The topological polar surface area (TPSA) is 210 Å². The molecule has 0 radical (unpaired) electrons. The van der Waals surface area contributed by atoms with Crippen molar-refractivity contribution in [3.05, 3.63) is 78.9 Å². The van der Waals surface area contributed by atoms with Crippen LogP contribution in [0.15, 0.2) is 38.3 Å². The van der Waals surface area contributed by atoms with E-state index in [4.69, 9.17) is 20.2 Å². The Kier molecular flexibility index (Phi) is 12.7. The van der Waals surface area contributed by atoms with Gasteiger partial charge in [0.15, 0.2) is 5.84 Å². The summed E-state index contributed by atoms with van der Waals surface area (Å²) in [5.74, 6) is -0.190. The number of nitrogens with zero attached hydrogens (tertiary/aromatic N) is 5. The van der Waals surface area contributed by atoms with Gasteiger partial charge in [-0.15, -0.1) is 4.40 Å². The van der Waals surface area contributed by atoms with Crippen molar-refractivity contribution in [3.63, 3.8) is 0 Å². The number of halogens is 2. The summed E-state index contributed by atoms with van der Waals surface area (Å²) in [6, 6.07) is 5.68. The van der Waals surface area contributed by atoms with Crippen LogP contribution in [0.25, 0.3) is 21.8 Å². The van der Waals surface area contributed by atoms with E-state index in [0.29, 0.717) is 69.9 Å². The molecule has 2 aliphatic carbocycles. The molecule has 2 saturated heterocycles. The summed E-state index contributed by atoms with van der Waals surface area (Å²) in [6.45, 7) is 15.1. The number of carbonyl (C=O) groups excluding carboxylic acids is 1. The fourth-order valence-electron chi connectivity index (χ4n) is 9.73. The van der Waals surface area contributed by atoms with Gasteiger partial charge in [-0.05, 0) is 122 Å². The number of aliphatic hydroxyl groups excluding tert-OH is 1. The number of amides is 1. The van der Waals surface area contributed by atoms with Crippen LogP contribution in [0, 0.1) is 42.7 Å². The zero-order valence-corrected chi connectivity index (χ0v) is 38.7. The maximum absolute atomic E-state index is 15.6. The second-order valence-electron chi connectivity index (χ2n) is 19.2. The predicted molar refractivity (Wildman–Crippen MR) is 248 cm³/mol. The molecule has 5 heterocycles. The molecule has 350 valence electrons. The number of aliphatic hydroxyl groups is 1. The Morgan fingerprint density at radius 3 is 1.94 bits per heavy atom. The van der Waals surface area contributed by atoms with E-state index in [-0.39, 0.29) is 64.1 Å². The molecule has 6 N–H and O–H groups in total. The van der Waals surface area contributed by atoms with E-state index >= 15 is 8.78 Å². The van der Waals surface area contributed by atoms with Gasteiger partial charge in [0.2, 0.25) is 0 Å². The molecule has 1 unspecified atom stereocenters. The number of alkyl carbamates (subject to hydrolysis) is 1. The van der Waals surface area contributed by atoms with Crippen LogP contribution in [0.5, 0.6) is 0 Å². The highest BCUT2D eigenvalue weighted by Crippen LogP contribution is 2.43. The number of anilines is 2. The number of nitrogens with two attached hydrogens (primary N) is 1. The first-order valence-corrected chi connectivity index (χ1v) is 23.4. The molecule has 19 heteroatoms. The molecule has 3 aliphatic heterocycles. The third-order valence-corrected chi connectivity index (χ3v) is 13.8. The number of rotatable bonds is 10. The van der Waals surface area contributed by atoms with E-state index in [9.17, 15) is 23.7 Å². The Balaban J connectivity index is 0.000000179. The lowest BCUT2D eigenvalue weighted by Crippen LogP contribution is -2.42. The molecule has 16 nitrogen and oxygen atoms in total. The molecule has 4 fully saturated rings. The summed E-state index contributed by atoms with van der Waals surface area (Å²) in [6.07, 6.45) is 4.83. The first-order chi connectivity index (χ1) is 30.8. The summed E-state index contributed by atoms with van der Waals surface area (Å²) < 4.78 is 60.1. The SMILES string of the molecule is Cc1c(N2CC[C@@H]([C@H](C)N)C2)c(F)cc2c(C3=NS(=O)ON3)cc(=O)n(C3CC3)c12.Cc1c(N2CC[C@@H]([C@H](C)NC(=O)OC(C)(C)C)C2)c(F)cc2c(C(=N)CO)cc(=O)n(C3CC3)c12. The first kappa shape index (κ1) is 46.3. The molecular weight excluding hydrogens is 861 g/mol. The number of aromatic nitrogens is 2. The van der Waals surface area contributed by atoms with E-state index in [0.717, 1.165) is 50.6 Å². The average Bonchev–Trinajstić information content (AvgIpc) is 4.10. The number of fused-ring (bicyclic) bond motifs is 2. The smallest absolute Gasteiger partial charge is 0.407 e. The zero-order valence-electron chi connectivity index (χ0n) is 37.9. The summed E-state index contributed by atoms with van der Waals surface area (Å²) in [4.78, 5) is 42.2. The lowest BCUT2D eigenvalue weighted by atomic mass is 9.99.